The van der Waals surface area contributed by atoms with E-state index in [0.717, 1.165) is 28.2 Å². The topological polar surface area (TPSA) is 29.5 Å². The van der Waals surface area contributed by atoms with Crippen LogP contribution in [0.2, 0.25) is 0 Å². The third-order valence-electron chi connectivity index (χ3n) is 3.39. The molecule has 3 heteroatoms. The van der Waals surface area contributed by atoms with Gasteiger partial charge in [-0.05, 0) is 54.1 Å². The molecule has 0 amide bonds. The van der Waals surface area contributed by atoms with E-state index in [2.05, 4.69) is 13.0 Å². The molecule has 3 rings (SSSR count). The summed E-state index contributed by atoms with van der Waals surface area (Å²) in [5.74, 6) is 0.960. The zero-order valence-electron chi connectivity index (χ0n) is 10.5. The summed E-state index contributed by atoms with van der Waals surface area (Å²) in [6.45, 7) is 4.10. The minimum absolute atomic E-state index is 0.246. The number of aliphatic hydroxyl groups excluding tert-OH is 1. The Labute approximate surface area is 111 Å². The molecule has 18 heavy (non-hydrogen) atoms. The second kappa shape index (κ2) is 4.41. The maximum Gasteiger partial charge on any atom is 0.123 e. The van der Waals surface area contributed by atoms with Gasteiger partial charge in [0.1, 0.15) is 18.0 Å². The number of rotatable bonds is 2. The molecule has 0 bridgehead atoms. The molecule has 2 atom stereocenters. The molecule has 2 nitrogen and oxygen atoms in total. The molecule has 1 aliphatic rings. The summed E-state index contributed by atoms with van der Waals surface area (Å²) in [4.78, 5) is 1.03. The lowest BCUT2D eigenvalue weighted by atomic mass is 10.0. The number of ether oxygens (including phenoxy) is 1. The van der Waals surface area contributed by atoms with Crippen molar-refractivity contribution in [1.82, 2.24) is 0 Å². The minimum Gasteiger partial charge on any atom is -0.490 e. The van der Waals surface area contributed by atoms with Crippen LogP contribution in [-0.4, -0.2) is 11.2 Å². The highest BCUT2D eigenvalue weighted by Crippen LogP contribution is 2.34. The SMILES string of the molecule is Cc1ccsc1C(O)c1ccc2c(c1)CC(C)O2. The maximum atomic E-state index is 10.4. The van der Waals surface area contributed by atoms with Crippen LogP contribution in [0, 0.1) is 6.92 Å². The Hall–Kier alpha value is -1.32. The van der Waals surface area contributed by atoms with Crippen molar-refractivity contribution in [2.24, 2.45) is 0 Å². The molecule has 1 aromatic heterocycles. The molecule has 2 aromatic rings. The number of hydrogen-bond donors (Lipinski definition) is 1. The number of aryl methyl sites for hydroxylation is 1. The van der Waals surface area contributed by atoms with E-state index in [0.29, 0.717) is 0 Å². The first-order valence-corrected chi connectivity index (χ1v) is 7.04. The molecule has 1 aliphatic heterocycles. The van der Waals surface area contributed by atoms with Crippen LogP contribution in [0.1, 0.15) is 34.6 Å². The van der Waals surface area contributed by atoms with Gasteiger partial charge in [0.15, 0.2) is 0 Å². The summed E-state index contributed by atoms with van der Waals surface area (Å²) < 4.78 is 5.68. The predicted molar refractivity (Wildman–Crippen MR) is 73.4 cm³/mol. The van der Waals surface area contributed by atoms with Crippen molar-refractivity contribution in [3.05, 3.63) is 51.2 Å². The van der Waals surface area contributed by atoms with Gasteiger partial charge in [0, 0.05) is 11.3 Å². The summed E-state index contributed by atoms with van der Waals surface area (Å²) in [6, 6.07) is 8.05. The molecule has 0 saturated heterocycles. The monoisotopic (exact) mass is 260 g/mol. The Morgan fingerprint density at radius 1 is 1.39 bits per heavy atom. The first kappa shape index (κ1) is 11.8. The Kier molecular flexibility index (Phi) is 2.88. The molecule has 94 valence electrons. The lowest BCUT2D eigenvalue weighted by Crippen LogP contribution is -2.05. The van der Waals surface area contributed by atoms with Gasteiger partial charge in [-0.3, -0.25) is 0 Å². The van der Waals surface area contributed by atoms with Crippen molar-refractivity contribution in [2.75, 3.05) is 0 Å². The maximum absolute atomic E-state index is 10.4. The van der Waals surface area contributed by atoms with Crippen LogP contribution in [0.5, 0.6) is 5.75 Å². The molecule has 0 radical (unpaired) electrons. The highest BCUT2D eigenvalue weighted by molar-refractivity contribution is 7.10. The summed E-state index contributed by atoms with van der Waals surface area (Å²) in [5, 5.41) is 12.4. The normalized spacial score (nSPS) is 19.4. The summed E-state index contributed by atoms with van der Waals surface area (Å²) in [7, 11) is 0. The second-order valence-corrected chi connectivity index (χ2v) is 5.82. The Balaban J connectivity index is 1.94. The fraction of sp³-hybridized carbons (Fsp3) is 0.333. The van der Waals surface area contributed by atoms with Gasteiger partial charge in [-0.15, -0.1) is 11.3 Å². The molecule has 1 aromatic carbocycles. The van der Waals surface area contributed by atoms with Gasteiger partial charge >= 0.3 is 0 Å². The molecule has 0 saturated carbocycles. The van der Waals surface area contributed by atoms with Gasteiger partial charge in [0.05, 0.1) is 0 Å². The molecular formula is C15H16O2S. The number of aliphatic hydroxyl groups is 1. The molecule has 0 aliphatic carbocycles. The first-order valence-electron chi connectivity index (χ1n) is 6.16. The van der Waals surface area contributed by atoms with Crippen molar-refractivity contribution in [3.8, 4) is 5.75 Å². The van der Waals surface area contributed by atoms with Crippen LogP contribution in [0.15, 0.2) is 29.6 Å². The summed E-state index contributed by atoms with van der Waals surface area (Å²) in [6.07, 6.45) is 0.654. The van der Waals surface area contributed by atoms with Crippen LogP contribution in [-0.2, 0) is 6.42 Å². The van der Waals surface area contributed by atoms with E-state index in [1.807, 2.05) is 30.5 Å². The Morgan fingerprint density at radius 3 is 2.94 bits per heavy atom. The van der Waals surface area contributed by atoms with E-state index in [1.54, 1.807) is 11.3 Å². The number of hydrogen-bond acceptors (Lipinski definition) is 3. The van der Waals surface area contributed by atoms with Gasteiger partial charge in [-0.1, -0.05) is 6.07 Å². The third kappa shape index (κ3) is 1.93. The average Bonchev–Trinajstić information content (AvgIpc) is 2.91. The second-order valence-electron chi connectivity index (χ2n) is 4.87. The number of fused-ring (bicyclic) bond motifs is 1. The molecule has 0 fully saturated rings. The van der Waals surface area contributed by atoms with Crippen molar-refractivity contribution in [3.63, 3.8) is 0 Å². The highest BCUT2D eigenvalue weighted by Gasteiger charge is 2.21. The van der Waals surface area contributed by atoms with Crippen LogP contribution < -0.4 is 4.74 Å². The predicted octanol–water partition coefficient (Wildman–Crippen LogP) is 3.46. The lowest BCUT2D eigenvalue weighted by molar-refractivity contribution is 0.223. The van der Waals surface area contributed by atoms with Gasteiger partial charge in [-0.25, -0.2) is 0 Å². The van der Waals surface area contributed by atoms with Crippen LogP contribution in [0.25, 0.3) is 0 Å². The highest BCUT2D eigenvalue weighted by atomic mass is 32.1. The molecular weight excluding hydrogens is 244 g/mol. The minimum atomic E-state index is -0.522. The van der Waals surface area contributed by atoms with E-state index >= 15 is 0 Å². The van der Waals surface area contributed by atoms with E-state index < -0.39 is 6.10 Å². The lowest BCUT2D eigenvalue weighted by Gasteiger charge is -2.11. The fourth-order valence-corrected chi connectivity index (χ4v) is 3.37. The first-order chi connectivity index (χ1) is 8.65. The molecule has 2 heterocycles. The van der Waals surface area contributed by atoms with Gasteiger partial charge in [0.25, 0.3) is 0 Å². The van der Waals surface area contributed by atoms with Gasteiger partial charge < -0.3 is 9.84 Å². The van der Waals surface area contributed by atoms with Crippen molar-refractivity contribution >= 4 is 11.3 Å². The zero-order chi connectivity index (χ0) is 12.7. The molecule has 0 spiro atoms. The number of benzene rings is 1. The number of thiophene rings is 1. The zero-order valence-corrected chi connectivity index (χ0v) is 11.3. The van der Waals surface area contributed by atoms with Gasteiger partial charge in [0.2, 0.25) is 0 Å². The Bertz CT molecular complexity index is 574. The summed E-state index contributed by atoms with van der Waals surface area (Å²) in [5.41, 5.74) is 3.31. The third-order valence-corrected chi connectivity index (χ3v) is 4.46. The Morgan fingerprint density at radius 2 is 2.22 bits per heavy atom. The fourth-order valence-electron chi connectivity index (χ4n) is 2.43. The van der Waals surface area contributed by atoms with Crippen molar-refractivity contribution in [2.45, 2.75) is 32.5 Å². The van der Waals surface area contributed by atoms with Crippen LogP contribution >= 0.6 is 11.3 Å². The van der Waals surface area contributed by atoms with E-state index in [-0.39, 0.29) is 6.10 Å². The van der Waals surface area contributed by atoms with Crippen LogP contribution in [0.3, 0.4) is 0 Å². The van der Waals surface area contributed by atoms with Crippen LogP contribution in [0.4, 0.5) is 0 Å². The smallest absolute Gasteiger partial charge is 0.123 e. The largest absolute Gasteiger partial charge is 0.490 e. The van der Waals surface area contributed by atoms with Crippen molar-refractivity contribution in [1.29, 1.82) is 0 Å². The summed E-state index contributed by atoms with van der Waals surface area (Å²) >= 11 is 1.61. The van der Waals surface area contributed by atoms with Gasteiger partial charge in [-0.2, -0.15) is 0 Å². The molecule has 1 N–H and O–H groups in total. The molecule has 2 unspecified atom stereocenters. The van der Waals surface area contributed by atoms with E-state index in [9.17, 15) is 5.11 Å². The van der Waals surface area contributed by atoms with Crippen molar-refractivity contribution < 1.29 is 9.84 Å². The average molecular weight is 260 g/mol. The standard InChI is InChI=1S/C15H16O2S/c1-9-5-6-18-15(9)14(16)11-3-4-13-12(8-11)7-10(2)17-13/h3-6,8,10,14,16H,7H2,1-2H3. The van der Waals surface area contributed by atoms with E-state index in [4.69, 9.17) is 4.74 Å². The quantitative estimate of drug-likeness (QED) is 0.896. The van der Waals surface area contributed by atoms with E-state index in [1.165, 1.54) is 5.56 Å².